The van der Waals surface area contributed by atoms with E-state index in [-0.39, 0.29) is 23.8 Å². The van der Waals surface area contributed by atoms with Crippen LogP contribution in [0.2, 0.25) is 10.0 Å². The normalized spacial score (nSPS) is 29.3. The number of benzene rings is 1. The quantitative estimate of drug-likeness (QED) is 0.912. The third-order valence-corrected chi connectivity index (χ3v) is 5.37. The second-order valence-electron chi connectivity index (χ2n) is 6.70. The van der Waals surface area contributed by atoms with Gasteiger partial charge < -0.3 is 10.6 Å². The molecule has 4 atom stereocenters. The first-order valence-corrected chi connectivity index (χ1v) is 8.71. The zero-order chi connectivity index (χ0) is 15.9. The third-order valence-electron chi connectivity index (χ3n) is 4.93. The average molecular weight is 341 g/mol. The van der Waals surface area contributed by atoms with Gasteiger partial charge in [0.15, 0.2) is 0 Å². The standard InChI is InChI=1S/C17H22Cl2N2O/c1-10(20)11-3-2-4-21(9-11)17(22)16-8-15(16)12-5-13(18)7-14(19)6-12/h5-7,10-11,15-16H,2-4,8-9,20H2,1H3/t10-,11+,15-,16+/m0/s1. The highest BCUT2D eigenvalue weighted by Gasteiger charge is 2.46. The SMILES string of the molecule is C[C@H](N)[C@@H]1CCCN(C(=O)[C@@H]2C[C@H]2c2cc(Cl)cc(Cl)c2)C1. The van der Waals surface area contributed by atoms with Crippen LogP contribution in [0.25, 0.3) is 0 Å². The molecule has 5 heteroatoms. The highest BCUT2D eigenvalue weighted by atomic mass is 35.5. The summed E-state index contributed by atoms with van der Waals surface area (Å²) in [5.41, 5.74) is 7.09. The minimum absolute atomic E-state index is 0.0846. The van der Waals surface area contributed by atoms with E-state index >= 15 is 0 Å². The lowest BCUT2D eigenvalue weighted by molar-refractivity contribution is -0.134. The summed E-state index contributed by atoms with van der Waals surface area (Å²) in [6.07, 6.45) is 3.08. The molecule has 0 aromatic heterocycles. The molecular weight excluding hydrogens is 319 g/mol. The molecule has 3 rings (SSSR count). The van der Waals surface area contributed by atoms with Crippen LogP contribution in [-0.4, -0.2) is 29.9 Å². The van der Waals surface area contributed by atoms with Gasteiger partial charge in [-0.15, -0.1) is 0 Å². The van der Waals surface area contributed by atoms with Crippen molar-refractivity contribution in [1.82, 2.24) is 4.90 Å². The van der Waals surface area contributed by atoms with E-state index in [0.29, 0.717) is 16.0 Å². The van der Waals surface area contributed by atoms with Crippen molar-refractivity contribution in [2.75, 3.05) is 13.1 Å². The van der Waals surface area contributed by atoms with Crippen molar-refractivity contribution in [3.8, 4) is 0 Å². The molecule has 120 valence electrons. The van der Waals surface area contributed by atoms with Crippen LogP contribution in [0.1, 0.15) is 37.7 Å². The minimum Gasteiger partial charge on any atom is -0.342 e. The Hall–Kier alpha value is -0.770. The smallest absolute Gasteiger partial charge is 0.226 e. The third kappa shape index (κ3) is 3.42. The van der Waals surface area contributed by atoms with Gasteiger partial charge >= 0.3 is 0 Å². The van der Waals surface area contributed by atoms with Crippen LogP contribution in [0.4, 0.5) is 0 Å². The highest BCUT2D eigenvalue weighted by molar-refractivity contribution is 6.34. The molecule has 2 aliphatic rings. The maximum absolute atomic E-state index is 12.7. The van der Waals surface area contributed by atoms with Gasteiger partial charge in [0, 0.05) is 35.1 Å². The van der Waals surface area contributed by atoms with Gasteiger partial charge in [-0.25, -0.2) is 0 Å². The average Bonchev–Trinajstić information content (AvgIpc) is 3.26. The van der Waals surface area contributed by atoms with Crippen LogP contribution in [-0.2, 0) is 4.79 Å². The number of hydrogen-bond acceptors (Lipinski definition) is 2. The van der Waals surface area contributed by atoms with Gasteiger partial charge in [-0.05, 0) is 61.8 Å². The maximum atomic E-state index is 12.7. The molecule has 1 aromatic carbocycles. The Morgan fingerprint density at radius 3 is 2.64 bits per heavy atom. The molecule has 1 aliphatic carbocycles. The summed E-state index contributed by atoms with van der Waals surface area (Å²) in [5, 5.41) is 1.27. The van der Waals surface area contributed by atoms with Crippen molar-refractivity contribution in [3.05, 3.63) is 33.8 Å². The predicted molar refractivity (Wildman–Crippen MR) is 90.3 cm³/mol. The van der Waals surface area contributed by atoms with E-state index in [1.807, 2.05) is 24.0 Å². The van der Waals surface area contributed by atoms with Gasteiger partial charge in [0.05, 0.1) is 0 Å². The Morgan fingerprint density at radius 1 is 1.32 bits per heavy atom. The molecule has 1 saturated carbocycles. The second-order valence-corrected chi connectivity index (χ2v) is 7.57. The Morgan fingerprint density at radius 2 is 2.00 bits per heavy atom. The van der Waals surface area contributed by atoms with Gasteiger partial charge in [-0.1, -0.05) is 23.2 Å². The van der Waals surface area contributed by atoms with E-state index in [1.54, 1.807) is 6.07 Å². The maximum Gasteiger partial charge on any atom is 0.226 e. The van der Waals surface area contributed by atoms with Crippen LogP contribution in [0.15, 0.2) is 18.2 Å². The van der Waals surface area contributed by atoms with E-state index in [9.17, 15) is 4.79 Å². The largest absolute Gasteiger partial charge is 0.342 e. The molecule has 1 aromatic rings. The zero-order valence-corrected chi connectivity index (χ0v) is 14.3. The molecule has 1 saturated heterocycles. The van der Waals surface area contributed by atoms with Gasteiger partial charge in [-0.2, -0.15) is 0 Å². The molecule has 22 heavy (non-hydrogen) atoms. The number of rotatable bonds is 3. The van der Waals surface area contributed by atoms with E-state index in [1.165, 1.54) is 0 Å². The summed E-state index contributed by atoms with van der Waals surface area (Å²) in [6, 6.07) is 5.72. The summed E-state index contributed by atoms with van der Waals surface area (Å²) in [5.74, 6) is 1.04. The van der Waals surface area contributed by atoms with Crippen LogP contribution < -0.4 is 5.73 Å². The molecule has 1 aliphatic heterocycles. The Kier molecular flexibility index (Phi) is 4.67. The van der Waals surface area contributed by atoms with E-state index < -0.39 is 0 Å². The van der Waals surface area contributed by atoms with E-state index in [2.05, 4.69) is 0 Å². The zero-order valence-electron chi connectivity index (χ0n) is 12.8. The number of halogens is 2. The molecule has 0 bridgehead atoms. The van der Waals surface area contributed by atoms with Gasteiger partial charge in [0.25, 0.3) is 0 Å². The van der Waals surface area contributed by atoms with Crippen LogP contribution in [0, 0.1) is 11.8 Å². The molecule has 2 fully saturated rings. The fourth-order valence-electron chi connectivity index (χ4n) is 3.50. The molecular formula is C17H22Cl2N2O. The van der Waals surface area contributed by atoms with E-state index in [4.69, 9.17) is 28.9 Å². The van der Waals surface area contributed by atoms with E-state index in [0.717, 1.165) is 37.9 Å². The van der Waals surface area contributed by atoms with Crippen LogP contribution >= 0.6 is 23.2 Å². The fraction of sp³-hybridized carbons (Fsp3) is 0.588. The number of carbonyl (C=O) groups excluding carboxylic acids is 1. The Labute approximate surface area is 141 Å². The number of carbonyl (C=O) groups is 1. The number of amides is 1. The summed E-state index contributed by atoms with van der Waals surface area (Å²) >= 11 is 12.1. The number of hydrogen-bond donors (Lipinski definition) is 1. The predicted octanol–water partition coefficient (Wildman–Crippen LogP) is 3.68. The molecule has 0 unspecified atom stereocenters. The first kappa shape index (κ1) is 16.1. The van der Waals surface area contributed by atoms with Gasteiger partial charge in [0.2, 0.25) is 5.91 Å². The highest BCUT2D eigenvalue weighted by Crippen LogP contribution is 2.49. The van der Waals surface area contributed by atoms with Crippen molar-refractivity contribution >= 4 is 29.1 Å². The first-order chi connectivity index (χ1) is 10.5. The van der Waals surface area contributed by atoms with Crippen LogP contribution in [0.3, 0.4) is 0 Å². The van der Waals surface area contributed by atoms with Crippen molar-refractivity contribution < 1.29 is 4.79 Å². The number of piperidine rings is 1. The minimum atomic E-state index is 0.0846. The molecule has 2 N–H and O–H groups in total. The molecule has 1 amide bonds. The number of nitrogens with two attached hydrogens (primary N) is 1. The lowest BCUT2D eigenvalue weighted by Gasteiger charge is -2.34. The van der Waals surface area contributed by atoms with Crippen molar-refractivity contribution in [3.63, 3.8) is 0 Å². The molecule has 0 spiro atoms. The monoisotopic (exact) mass is 340 g/mol. The summed E-state index contributed by atoms with van der Waals surface area (Å²) in [6.45, 7) is 3.70. The van der Waals surface area contributed by atoms with Crippen molar-refractivity contribution in [2.24, 2.45) is 17.6 Å². The van der Waals surface area contributed by atoms with Crippen LogP contribution in [0.5, 0.6) is 0 Å². The molecule has 3 nitrogen and oxygen atoms in total. The second kappa shape index (κ2) is 6.38. The van der Waals surface area contributed by atoms with Gasteiger partial charge in [0.1, 0.15) is 0 Å². The summed E-state index contributed by atoms with van der Waals surface area (Å²) < 4.78 is 0. The summed E-state index contributed by atoms with van der Waals surface area (Å²) in [4.78, 5) is 14.7. The fourth-order valence-corrected chi connectivity index (χ4v) is 4.04. The topological polar surface area (TPSA) is 46.3 Å². The summed E-state index contributed by atoms with van der Waals surface area (Å²) in [7, 11) is 0. The molecule has 0 radical (unpaired) electrons. The molecule has 1 heterocycles. The Balaban J connectivity index is 1.65. The lowest BCUT2D eigenvalue weighted by atomic mass is 9.92. The lowest BCUT2D eigenvalue weighted by Crippen LogP contribution is -2.45. The van der Waals surface area contributed by atoms with Gasteiger partial charge in [-0.3, -0.25) is 4.79 Å². The number of nitrogens with zero attached hydrogens (tertiary/aromatic N) is 1. The van der Waals surface area contributed by atoms with Crippen molar-refractivity contribution in [2.45, 2.75) is 38.1 Å². The number of likely N-dealkylation sites (tertiary alicyclic amines) is 1. The van der Waals surface area contributed by atoms with Crippen molar-refractivity contribution in [1.29, 1.82) is 0 Å². The first-order valence-electron chi connectivity index (χ1n) is 7.96. The Bertz CT molecular complexity index is 556.